The lowest BCUT2D eigenvalue weighted by atomic mass is 10.2. The van der Waals surface area contributed by atoms with Crippen LogP contribution in [0.2, 0.25) is 0 Å². The minimum absolute atomic E-state index is 0.0239. The molecular formula is C13H15NO5. The van der Waals surface area contributed by atoms with Crippen LogP contribution in [0.5, 0.6) is 11.5 Å². The van der Waals surface area contributed by atoms with Gasteiger partial charge in [-0.3, -0.25) is 9.59 Å². The summed E-state index contributed by atoms with van der Waals surface area (Å²) in [7, 11) is 0. The highest BCUT2D eigenvalue weighted by Crippen LogP contribution is 2.31. The van der Waals surface area contributed by atoms with Crippen molar-refractivity contribution in [2.24, 2.45) is 0 Å². The fraction of sp³-hybridized carbons (Fsp3) is 0.385. The van der Waals surface area contributed by atoms with E-state index in [1.807, 2.05) is 0 Å². The summed E-state index contributed by atoms with van der Waals surface area (Å²) in [6.07, 6.45) is 0.188. The van der Waals surface area contributed by atoms with E-state index in [0.29, 0.717) is 23.8 Å². The summed E-state index contributed by atoms with van der Waals surface area (Å²) in [5, 5.41) is 2.68. The number of rotatable bonds is 5. The molecule has 0 spiro atoms. The summed E-state index contributed by atoms with van der Waals surface area (Å²) >= 11 is 0. The quantitative estimate of drug-likeness (QED) is 0.813. The highest BCUT2D eigenvalue weighted by molar-refractivity contribution is 5.95. The molecule has 1 N–H and O–H groups in total. The van der Waals surface area contributed by atoms with Crippen molar-refractivity contribution < 1.29 is 23.8 Å². The molecule has 1 heterocycles. The second-order valence-corrected chi connectivity index (χ2v) is 3.90. The van der Waals surface area contributed by atoms with Crippen molar-refractivity contribution in [3.63, 3.8) is 0 Å². The van der Waals surface area contributed by atoms with Crippen LogP contribution in [0.4, 0.5) is 5.69 Å². The van der Waals surface area contributed by atoms with Gasteiger partial charge in [0.05, 0.1) is 25.3 Å². The zero-order valence-corrected chi connectivity index (χ0v) is 10.6. The smallest absolute Gasteiger partial charge is 0.309 e. The van der Waals surface area contributed by atoms with Crippen LogP contribution < -0.4 is 14.8 Å². The number of benzene rings is 1. The van der Waals surface area contributed by atoms with Crippen molar-refractivity contribution in [1.82, 2.24) is 0 Å². The molecule has 102 valence electrons. The third kappa shape index (κ3) is 3.61. The van der Waals surface area contributed by atoms with Gasteiger partial charge < -0.3 is 19.5 Å². The number of fused-ring (bicyclic) bond motifs is 1. The molecule has 1 aliphatic heterocycles. The van der Waals surface area contributed by atoms with Crippen LogP contribution in [0.1, 0.15) is 13.3 Å². The van der Waals surface area contributed by atoms with Crippen molar-refractivity contribution in [2.75, 3.05) is 25.1 Å². The third-order valence-corrected chi connectivity index (χ3v) is 2.46. The molecule has 19 heavy (non-hydrogen) atoms. The van der Waals surface area contributed by atoms with E-state index < -0.39 is 0 Å². The lowest BCUT2D eigenvalue weighted by molar-refractivity contribution is -0.143. The lowest BCUT2D eigenvalue weighted by Gasteiger charge is -2.18. The van der Waals surface area contributed by atoms with Crippen LogP contribution in [-0.2, 0) is 14.3 Å². The molecule has 2 rings (SSSR count). The number of carbonyl (C=O) groups is 2. The molecule has 0 aromatic heterocycles. The van der Waals surface area contributed by atoms with Gasteiger partial charge in [0.25, 0.3) is 5.91 Å². The number of esters is 1. The Morgan fingerprint density at radius 3 is 3.11 bits per heavy atom. The maximum Gasteiger partial charge on any atom is 0.309 e. The molecule has 0 bridgehead atoms. The van der Waals surface area contributed by atoms with Gasteiger partial charge >= 0.3 is 5.97 Å². The first-order chi connectivity index (χ1) is 9.19. The van der Waals surface area contributed by atoms with E-state index in [2.05, 4.69) is 5.32 Å². The first-order valence-corrected chi connectivity index (χ1v) is 6.04. The van der Waals surface area contributed by atoms with Crippen LogP contribution in [0, 0.1) is 0 Å². The highest BCUT2D eigenvalue weighted by Gasteiger charge is 2.16. The van der Waals surface area contributed by atoms with E-state index in [1.54, 1.807) is 25.1 Å². The second kappa shape index (κ2) is 6.08. The maximum atomic E-state index is 11.2. The van der Waals surface area contributed by atoms with Gasteiger partial charge in [-0.15, -0.1) is 0 Å². The minimum atomic E-state index is -0.294. The number of carbonyl (C=O) groups excluding carboxylic acids is 2. The van der Waals surface area contributed by atoms with Crippen molar-refractivity contribution in [2.45, 2.75) is 13.3 Å². The van der Waals surface area contributed by atoms with E-state index >= 15 is 0 Å². The SMILES string of the molecule is CCOC(=O)CCOc1ccc2c(c1)NC(=O)CO2. The van der Waals surface area contributed by atoms with Gasteiger partial charge in [-0.2, -0.15) is 0 Å². The number of amides is 1. The molecule has 6 nitrogen and oxygen atoms in total. The van der Waals surface area contributed by atoms with Gasteiger partial charge in [-0.1, -0.05) is 0 Å². The van der Waals surface area contributed by atoms with Crippen LogP contribution in [0.3, 0.4) is 0 Å². The normalized spacial score (nSPS) is 13.0. The molecule has 0 saturated heterocycles. The molecule has 0 unspecified atom stereocenters. The molecular weight excluding hydrogens is 250 g/mol. The van der Waals surface area contributed by atoms with Gasteiger partial charge in [-0.05, 0) is 19.1 Å². The fourth-order valence-corrected chi connectivity index (χ4v) is 1.64. The first kappa shape index (κ1) is 13.2. The standard InChI is InChI=1S/C13H15NO5/c1-2-17-13(16)5-6-18-9-3-4-11-10(7-9)14-12(15)8-19-11/h3-4,7H,2,5-6,8H2,1H3,(H,14,15). The summed E-state index contributed by atoms with van der Waals surface area (Å²) in [5.74, 6) is 0.680. The van der Waals surface area contributed by atoms with Gasteiger partial charge in [0.1, 0.15) is 11.5 Å². The summed E-state index contributed by atoms with van der Waals surface area (Å²) < 4.78 is 15.4. The molecule has 0 fully saturated rings. The molecule has 1 aromatic carbocycles. The maximum absolute atomic E-state index is 11.2. The van der Waals surface area contributed by atoms with Gasteiger partial charge in [0.15, 0.2) is 6.61 Å². The summed E-state index contributed by atoms with van der Waals surface area (Å²) in [5.41, 5.74) is 0.574. The Morgan fingerprint density at radius 2 is 2.32 bits per heavy atom. The van der Waals surface area contributed by atoms with E-state index in [0.717, 1.165) is 0 Å². The Morgan fingerprint density at radius 1 is 1.47 bits per heavy atom. The zero-order valence-electron chi connectivity index (χ0n) is 10.6. The largest absolute Gasteiger partial charge is 0.493 e. The lowest BCUT2D eigenvalue weighted by Crippen LogP contribution is -2.25. The topological polar surface area (TPSA) is 73.9 Å². The van der Waals surface area contributed by atoms with Crippen LogP contribution in [0.25, 0.3) is 0 Å². The highest BCUT2D eigenvalue weighted by atomic mass is 16.5. The Hall–Kier alpha value is -2.24. The van der Waals surface area contributed by atoms with Crippen molar-refractivity contribution in [1.29, 1.82) is 0 Å². The van der Waals surface area contributed by atoms with Gasteiger partial charge in [0, 0.05) is 6.07 Å². The predicted molar refractivity (Wildman–Crippen MR) is 67.3 cm³/mol. The Balaban J connectivity index is 1.89. The molecule has 1 amide bonds. The van der Waals surface area contributed by atoms with Crippen molar-refractivity contribution in [3.8, 4) is 11.5 Å². The van der Waals surface area contributed by atoms with Crippen LogP contribution in [-0.4, -0.2) is 31.7 Å². The molecule has 6 heteroatoms. The first-order valence-electron chi connectivity index (χ1n) is 6.04. The molecule has 1 aromatic rings. The number of anilines is 1. The monoisotopic (exact) mass is 265 g/mol. The van der Waals surface area contributed by atoms with Gasteiger partial charge in [-0.25, -0.2) is 0 Å². The summed E-state index contributed by atoms with van der Waals surface area (Å²) in [4.78, 5) is 22.3. The minimum Gasteiger partial charge on any atom is -0.493 e. The molecule has 0 atom stereocenters. The zero-order chi connectivity index (χ0) is 13.7. The van der Waals surface area contributed by atoms with Gasteiger partial charge in [0.2, 0.25) is 0 Å². The molecule has 1 aliphatic rings. The predicted octanol–water partition coefficient (Wildman–Crippen LogP) is 1.35. The van der Waals surface area contributed by atoms with E-state index in [-0.39, 0.29) is 31.5 Å². The fourth-order valence-electron chi connectivity index (χ4n) is 1.64. The number of hydrogen-bond donors (Lipinski definition) is 1. The number of nitrogens with one attached hydrogen (secondary N) is 1. The Kier molecular flexibility index (Phi) is 4.22. The molecule has 0 radical (unpaired) electrons. The van der Waals surface area contributed by atoms with Crippen molar-refractivity contribution in [3.05, 3.63) is 18.2 Å². The van der Waals surface area contributed by atoms with Crippen LogP contribution in [0.15, 0.2) is 18.2 Å². The second-order valence-electron chi connectivity index (χ2n) is 3.90. The molecule has 0 saturated carbocycles. The Labute approximate surface area is 110 Å². The third-order valence-electron chi connectivity index (χ3n) is 2.46. The summed E-state index contributed by atoms with van der Waals surface area (Å²) in [6, 6.07) is 5.10. The van der Waals surface area contributed by atoms with E-state index in [9.17, 15) is 9.59 Å². The Bertz CT molecular complexity index is 486. The van der Waals surface area contributed by atoms with E-state index in [4.69, 9.17) is 14.2 Å². The summed E-state index contributed by atoms with van der Waals surface area (Å²) in [6.45, 7) is 2.37. The number of ether oxygens (including phenoxy) is 3. The average molecular weight is 265 g/mol. The number of hydrogen-bond acceptors (Lipinski definition) is 5. The molecule has 0 aliphatic carbocycles. The van der Waals surface area contributed by atoms with Crippen LogP contribution >= 0.6 is 0 Å². The van der Waals surface area contributed by atoms with E-state index in [1.165, 1.54) is 0 Å². The average Bonchev–Trinajstić information content (AvgIpc) is 2.38. The van der Waals surface area contributed by atoms with Crippen molar-refractivity contribution >= 4 is 17.6 Å².